The number of aromatic amines is 1. The minimum atomic E-state index is -1.39. The summed E-state index contributed by atoms with van der Waals surface area (Å²) in [7, 11) is -1.39. The van der Waals surface area contributed by atoms with Gasteiger partial charge in [-0.2, -0.15) is 0 Å². The van der Waals surface area contributed by atoms with Crippen molar-refractivity contribution in [3.8, 4) is 0 Å². The molecule has 0 bridgehead atoms. The van der Waals surface area contributed by atoms with E-state index in [0.717, 1.165) is 10.9 Å². The highest BCUT2D eigenvalue weighted by Gasteiger charge is 2.13. The molecule has 1 atom stereocenters. The minimum Gasteiger partial charge on any atom is -0.398 e. The summed E-state index contributed by atoms with van der Waals surface area (Å²) in [5.41, 5.74) is 9.76. The second-order valence-electron chi connectivity index (χ2n) is 6.13. The number of nitrogen functional groups attached to an aromatic ring is 1. The molecule has 5 N–H and O–H groups in total. The van der Waals surface area contributed by atoms with Crippen LogP contribution in [0.3, 0.4) is 0 Å². The molecule has 1 unspecified atom stereocenters. The fourth-order valence-corrected chi connectivity index (χ4v) is 3.76. The van der Waals surface area contributed by atoms with Crippen molar-refractivity contribution in [2.45, 2.75) is 4.90 Å². The van der Waals surface area contributed by atoms with Crippen molar-refractivity contribution in [2.75, 3.05) is 10.5 Å². The predicted octanol–water partition coefficient (Wildman–Crippen LogP) is 4.30. The quantitative estimate of drug-likeness (QED) is 0.310. The van der Waals surface area contributed by atoms with Crippen molar-refractivity contribution in [2.24, 2.45) is 0 Å². The number of nitrogens with one attached hydrogen (secondary N) is 3. The maximum Gasteiger partial charge on any atom is 0.150 e. The van der Waals surface area contributed by atoms with E-state index in [1.165, 1.54) is 0 Å². The number of anilines is 2. The van der Waals surface area contributed by atoms with Gasteiger partial charge in [0.05, 0.1) is 16.3 Å². The maximum absolute atomic E-state index is 12.5. The molecule has 0 aliphatic heterocycles. The van der Waals surface area contributed by atoms with E-state index < -0.39 is 11.0 Å². The molecule has 4 aromatic rings. The number of hydrogen-bond donors (Lipinski definition) is 4. The molecule has 1 heterocycles. The standard InChI is InChI=1S/C21H18N4OS/c22-18-11-10-15(25-27(26)16-7-2-1-3-8-16)13-17(18)21(23)20-12-14-6-4-5-9-19(14)24-20/h1-13,23-25H,22H2. The van der Waals surface area contributed by atoms with Crippen LogP contribution in [0, 0.1) is 5.41 Å². The van der Waals surface area contributed by atoms with Gasteiger partial charge in [0.1, 0.15) is 11.0 Å². The first-order chi connectivity index (χ1) is 13.1. The molecule has 0 radical (unpaired) electrons. The number of para-hydroxylation sites is 1. The number of benzene rings is 3. The number of rotatable bonds is 5. The molecule has 5 nitrogen and oxygen atoms in total. The van der Waals surface area contributed by atoms with E-state index in [1.54, 1.807) is 30.3 Å². The largest absolute Gasteiger partial charge is 0.398 e. The molecule has 134 valence electrons. The average Bonchev–Trinajstić information content (AvgIpc) is 3.14. The lowest BCUT2D eigenvalue weighted by Gasteiger charge is -2.11. The Morgan fingerprint density at radius 3 is 2.48 bits per heavy atom. The Hall–Kier alpha value is -3.38. The van der Waals surface area contributed by atoms with Crippen LogP contribution in [-0.4, -0.2) is 14.9 Å². The summed E-state index contributed by atoms with van der Waals surface area (Å²) in [5.74, 6) is 0. The monoisotopic (exact) mass is 374 g/mol. The van der Waals surface area contributed by atoms with Crippen LogP contribution >= 0.6 is 0 Å². The van der Waals surface area contributed by atoms with Gasteiger partial charge < -0.3 is 15.4 Å². The highest BCUT2D eigenvalue weighted by molar-refractivity contribution is 7.86. The lowest BCUT2D eigenvalue weighted by molar-refractivity contribution is 0.686. The Labute approximate surface area is 159 Å². The minimum absolute atomic E-state index is 0.290. The molecule has 3 aromatic carbocycles. The van der Waals surface area contributed by atoms with Gasteiger partial charge in [-0.1, -0.05) is 36.4 Å². The number of aromatic nitrogens is 1. The Bertz CT molecular complexity index is 1120. The van der Waals surface area contributed by atoms with Gasteiger partial charge in [0.2, 0.25) is 0 Å². The van der Waals surface area contributed by atoms with Crippen LogP contribution in [-0.2, 0) is 11.0 Å². The summed E-state index contributed by atoms with van der Waals surface area (Å²) < 4.78 is 15.4. The Morgan fingerprint density at radius 2 is 1.70 bits per heavy atom. The topological polar surface area (TPSA) is 94.8 Å². The number of hydrogen-bond acceptors (Lipinski definition) is 3. The van der Waals surface area contributed by atoms with Gasteiger partial charge in [0, 0.05) is 27.8 Å². The summed E-state index contributed by atoms with van der Waals surface area (Å²) in [4.78, 5) is 3.93. The van der Waals surface area contributed by atoms with E-state index in [2.05, 4.69) is 9.71 Å². The van der Waals surface area contributed by atoms with Crippen molar-refractivity contribution >= 4 is 39.0 Å². The van der Waals surface area contributed by atoms with Crippen molar-refractivity contribution in [3.63, 3.8) is 0 Å². The third-order valence-electron chi connectivity index (χ3n) is 4.29. The second kappa shape index (κ2) is 7.09. The summed E-state index contributed by atoms with van der Waals surface area (Å²) in [5, 5.41) is 9.61. The zero-order valence-electron chi connectivity index (χ0n) is 14.4. The van der Waals surface area contributed by atoms with Crippen molar-refractivity contribution in [1.82, 2.24) is 4.98 Å². The first kappa shape index (κ1) is 17.1. The van der Waals surface area contributed by atoms with Crippen molar-refractivity contribution in [1.29, 1.82) is 5.41 Å². The average molecular weight is 374 g/mol. The molecule has 27 heavy (non-hydrogen) atoms. The molecule has 1 aromatic heterocycles. The highest BCUT2D eigenvalue weighted by Crippen LogP contribution is 2.24. The van der Waals surface area contributed by atoms with Crippen molar-refractivity contribution in [3.05, 3.63) is 90.1 Å². The van der Waals surface area contributed by atoms with Crippen LogP contribution in [0.5, 0.6) is 0 Å². The molecule has 0 amide bonds. The van der Waals surface area contributed by atoms with Crippen LogP contribution in [0.1, 0.15) is 11.3 Å². The maximum atomic E-state index is 12.5. The molecule has 0 saturated carbocycles. The summed E-state index contributed by atoms with van der Waals surface area (Å²) in [6.45, 7) is 0. The lowest BCUT2D eigenvalue weighted by atomic mass is 10.0. The fourth-order valence-electron chi connectivity index (χ4n) is 2.90. The molecular formula is C21H18N4OS. The summed E-state index contributed by atoms with van der Waals surface area (Å²) >= 11 is 0. The Kier molecular flexibility index (Phi) is 4.48. The second-order valence-corrected chi connectivity index (χ2v) is 7.34. The van der Waals surface area contributed by atoms with Gasteiger partial charge in [-0.05, 0) is 42.5 Å². The molecule has 0 fully saturated rings. The smallest absolute Gasteiger partial charge is 0.150 e. The van der Waals surface area contributed by atoms with Gasteiger partial charge in [0.25, 0.3) is 0 Å². The van der Waals surface area contributed by atoms with Crippen LogP contribution in [0.4, 0.5) is 11.4 Å². The lowest BCUT2D eigenvalue weighted by Crippen LogP contribution is -2.09. The molecule has 6 heteroatoms. The third-order valence-corrected chi connectivity index (χ3v) is 5.41. The highest BCUT2D eigenvalue weighted by atomic mass is 32.2. The van der Waals surface area contributed by atoms with Gasteiger partial charge in [0.15, 0.2) is 0 Å². The van der Waals surface area contributed by atoms with Gasteiger partial charge in [-0.25, -0.2) is 4.21 Å². The molecule has 0 spiro atoms. The predicted molar refractivity (Wildman–Crippen MR) is 112 cm³/mol. The molecule has 0 saturated heterocycles. The first-order valence-electron chi connectivity index (χ1n) is 8.42. The van der Waals surface area contributed by atoms with E-state index in [4.69, 9.17) is 11.1 Å². The van der Waals surface area contributed by atoms with Gasteiger partial charge in [-0.15, -0.1) is 0 Å². The zero-order chi connectivity index (χ0) is 18.8. The van der Waals surface area contributed by atoms with E-state index in [-0.39, 0.29) is 5.71 Å². The summed E-state index contributed by atoms with van der Waals surface area (Å²) in [6.07, 6.45) is 0. The van der Waals surface area contributed by atoms with E-state index in [0.29, 0.717) is 27.5 Å². The molecule has 0 aliphatic carbocycles. The van der Waals surface area contributed by atoms with Gasteiger partial charge in [-0.3, -0.25) is 5.41 Å². The van der Waals surface area contributed by atoms with E-state index in [9.17, 15) is 4.21 Å². The van der Waals surface area contributed by atoms with E-state index in [1.807, 2.05) is 48.5 Å². The fraction of sp³-hybridized carbons (Fsp3) is 0. The number of nitrogens with two attached hydrogens (primary N) is 1. The summed E-state index contributed by atoms with van der Waals surface area (Å²) in [6, 6.07) is 24.2. The van der Waals surface area contributed by atoms with E-state index >= 15 is 0 Å². The number of H-pyrrole nitrogens is 1. The van der Waals surface area contributed by atoms with Crippen LogP contribution in [0.25, 0.3) is 10.9 Å². The molecular weight excluding hydrogens is 356 g/mol. The SMILES string of the molecule is N=C(c1cc2ccccc2[nH]1)c1cc(NS(=O)c2ccccc2)ccc1N. The third kappa shape index (κ3) is 3.47. The van der Waals surface area contributed by atoms with Crippen LogP contribution < -0.4 is 10.5 Å². The molecule has 0 aliphatic rings. The molecule has 4 rings (SSSR count). The van der Waals surface area contributed by atoms with Crippen LogP contribution in [0.15, 0.2) is 83.8 Å². The van der Waals surface area contributed by atoms with Crippen molar-refractivity contribution < 1.29 is 4.21 Å². The Morgan fingerprint density at radius 1 is 0.963 bits per heavy atom. The number of fused-ring (bicyclic) bond motifs is 1. The zero-order valence-corrected chi connectivity index (χ0v) is 15.2. The first-order valence-corrected chi connectivity index (χ1v) is 9.57. The normalized spacial score (nSPS) is 12.0. The van der Waals surface area contributed by atoms with Crippen LogP contribution in [0.2, 0.25) is 0 Å². The van der Waals surface area contributed by atoms with Gasteiger partial charge >= 0.3 is 0 Å². The Balaban J connectivity index is 1.64.